The number of nitrogens with zero attached hydrogens (tertiary/aromatic N) is 3. The van der Waals surface area contributed by atoms with Crippen LogP contribution in [0.5, 0.6) is 0 Å². The lowest BCUT2D eigenvalue weighted by Gasteiger charge is -2.40. The molecule has 1 saturated heterocycles. The number of ether oxygens (including phenoxy) is 1. The number of aliphatic hydroxyl groups is 3. The van der Waals surface area contributed by atoms with Crippen LogP contribution in [0.15, 0.2) is 36.5 Å². The highest BCUT2D eigenvalue weighted by molar-refractivity contribution is 7.80. The zero-order valence-electron chi connectivity index (χ0n) is 11.6. The fourth-order valence-electron chi connectivity index (χ4n) is 2.56. The third kappa shape index (κ3) is 2.75. The van der Waals surface area contributed by atoms with Crippen LogP contribution in [0, 0.1) is 0 Å². The zero-order chi connectivity index (χ0) is 15.7. The summed E-state index contributed by atoms with van der Waals surface area (Å²) >= 11 is 4.14. The first-order chi connectivity index (χ1) is 10.6. The average Bonchev–Trinajstić information content (AvgIpc) is 3.01. The normalized spacial score (nSPS) is 32.1. The van der Waals surface area contributed by atoms with Crippen LogP contribution in [0.1, 0.15) is 6.04 Å². The summed E-state index contributed by atoms with van der Waals surface area (Å²) in [4.78, 5) is 0. The van der Waals surface area contributed by atoms with E-state index in [1.165, 1.54) is 4.68 Å². The Morgan fingerprint density at radius 1 is 1.18 bits per heavy atom. The van der Waals surface area contributed by atoms with Crippen molar-refractivity contribution in [1.82, 2.24) is 15.0 Å². The van der Waals surface area contributed by atoms with E-state index in [2.05, 4.69) is 22.9 Å². The molecule has 1 aromatic heterocycles. The quantitative estimate of drug-likeness (QED) is 0.587. The Balaban J connectivity index is 1.91. The summed E-state index contributed by atoms with van der Waals surface area (Å²) in [7, 11) is 0. The van der Waals surface area contributed by atoms with Gasteiger partial charge in [-0.15, -0.1) is 17.7 Å². The van der Waals surface area contributed by atoms with Crippen molar-refractivity contribution in [3.8, 4) is 11.3 Å². The summed E-state index contributed by atoms with van der Waals surface area (Å²) in [6.45, 7) is -0.373. The van der Waals surface area contributed by atoms with Gasteiger partial charge in [0.15, 0.2) is 0 Å². The molecule has 0 bridgehead atoms. The summed E-state index contributed by atoms with van der Waals surface area (Å²) in [6, 6.07) is 8.66. The molecule has 7 nitrogen and oxygen atoms in total. The molecule has 5 atom stereocenters. The second-order valence-electron chi connectivity index (χ2n) is 5.17. The molecule has 1 aliphatic heterocycles. The Bertz CT molecular complexity index is 624. The Hall–Kier alpha value is -1.45. The minimum absolute atomic E-state index is 0.373. The monoisotopic (exact) mass is 323 g/mol. The van der Waals surface area contributed by atoms with Gasteiger partial charge in [-0.05, 0) is 0 Å². The van der Waals surface area contributed by atoms with Crippen molar-refractivity contribution < 1.29 is 20.1 Å². The van der Waals surface area contributed by atoms with Crippen LogP contribution in [0.4, 0.5) is 0 Å². The zero-order valence-corrected chi connectivity index (χ0v) is 12.5. The van der Waals surface area contributed by atoms with E-state index >= 15 is 0 Å². The van der Waals surface area contributed by atoms with E-state index in [0.29, 0.717) is 5.69 Å². The molecule has 1 aromatic carbocycles. The van der Waals surface area contributed by atoms with Crippen molar-refractivity contribution >= 4 is 12.6 Å². The summed E-state index contributed by atoms with van der Waals surface area (Å²) in [5.74, 6) is 0. The number of aromatic nitrogens is 3. The molecule has 118 valence electrons. The number of benzene rings is 1. The summed E-state index contributed by atoms with van der Waals surface area (Å²) in [6.07, 6.45) is -1.38. The number of rotatable bonds is 3. The molecule has 3 rings (SSSR count). The molecular formula is C14H17N3O4S. The molecule has 3 N–H and O–H groups in total. The molecule has 0 radical (unpaired) electrons. The predicted molar refractivity (Wildman–Crippen MR) is 81.2 cm³/mol. The molecular weight excluding hydrogens is 306 g/mol. The Morgan fingerprint density at radius 3 is 2.59 bits per heavy atom. The number of hydrogen-bond acceptors (Lipinski definition) is 7. The van der Waals surface area contributed by atoms with Crippen LogP contribution >= 0.6 is 12.6 Å². The van der Waals surface area contributed by atoms with E-state index in [4.69, 9.17) is 4.74 Å². The van der Waals surface area contributed by atoms with Crippen LogP contribution in [-0.2, 0) is 4.74 Å². The number of aliphatic hydroxyl groups excluding tert-OH is 3. The fraction of sp³-hybridized carbons (Fsp3) is 0.429. The Labute approximate surface area is 132 Å². The van der Waals surface area contributed by atoms with Crippen LogP contribution in [0.2, 0.25) is 0 Å². The standard InChI is InChI=1S/C14H17N3O4S/c18-7-10-12(19)11(13(20)14(22)21-10)17-6-9(15-16-17)8-4-2-1-3-5-8/h1-6,10-14,18-20,22H,7H2/t10-,11+,12+,13-,14+/m1/s1. The Kier molecular flexibility index (Phi) is 4.46. The second-order valence-corrected chi connectivity index (χ2v) is 5.68. The van der Waals surface area contributed by atoms with Crippen molar-refractivity contribution in [3.05, 3.63) is 36.5 Å². The van der Waals surface area contributed by atoms with Gasteiger partial charge in [-0.25, -0.2) is 4.68 Å². The van der Waals surface area contributed by atoms with Gasteiger partial charge in [0.2, 0.25) is 0 Å². The van der Waals surface area contributed by atoms with Crippen molar-refractivity contribution in [2.75, 3.05) is 6.61 Å². The maximum absolute atomic E-state index is 10.3. The van der Waals surface area contributed by atoms with Crippen LogP contribution in [0.25, 0.3) is 11.3 Å². The molecule has 0 spiro atoms. The van der Waals surface area contributed by atoms with E-state index in [-0.39, 0.29) is 6.61 Å². The molecule has 8 heteroatoms. The largest absolute Gasteiger partial charge is 0.394 e. The van der Waals surface area contributed by atoms with E-state index < -0.39 is 29.8 Å². The molecule has 0 aliphatic carbocycles. The van der Waals surface area contributed by atoms with Crippen LogP contribution < -0.4 is 0 Å². The molecule has 22 heavy (non-hydrogen) atoms. The molecule has 2 heterocycles. The van der Waals surface area contributed by atoms with Crippen LogP contribution in [-0.4, -0.2) is 60.7 Å². The van der Waals surface area contributed by atoms with Gasteiger partial charge in [-0.3, -0.25) is 0 Å². The van der Waals surface area contributed by atoms with Crippen molar-refractivity contribution in [2.24, 2.45) is 0 Å². The van der Waals surface area contributed by atoms with Gasteiger partial charge in [0.1, 0.15) is 35.5 Å². The third-order valence-electron chi connectivity index (χ3n) is 3.75. The smallest absolute Gasteiger partial charge is 0.129 e. The first kappa shape index (κ1) is 15.4. The summed E-state index contributed by atoms with van der Waals surface area (Å²) in [5, 5.41) is 37.8. The van der Waals surface area contributed by atoms with Gasteiger partial charge in [0, 0.05) is 5.56 Å². The summed E-state index contributed by atoms with van der Waals surface area (Å²) < 4.78 is 6.65. The first-order valence-electron chi connectivity index (χ1n) is 6.89. The number of hydrogen-bond donors (Lipinski definition) is 4. The lowest BCUT2D eigenvalue weighted by Crippen LogP contribution is -2.54. The van der Waals surface area contributed by atoms with Gasteiger partial charge in [0.05, 0.1) is 12.8 Å². The maximum atomic E-state index is 10.3. The highest BCUT2D eigenvalue weighted by Gasteiger charge is 2.44. The van der Waals surface area contributed by atoms with Crippen molar-refractivity contribution in [2.45, 2.75) is 29.8 Å². The lowest BCUT2D eigenvalue weighted by molar-refractivity contribution is -0.178. The van der Waals surface area contributed by atoms with Gasteiger partial charge in [0.25, 0.3) is 0 Å². The minimum Gasteiger partial charge on any atom is -0.394 e. The van der Waals surface area contributed by atoms with E-state index in [9.17, 15) is 15.3 Å². The molecule has 2 aromatic rings. The molecule has 0 saturated carbocycles. The molecule has 1 fully saturated rings. The summed E-state index contributed by atoms with van der Waals surface area (Å²) in [5.41, 5.74) is 0.684. The van der Waals surface area contributed by atoms with E-state index in [1.54, 1.807) is 6.20 Å². The first-order valence-corrected chi connectivity index (χ1v) is 7.41. The van der Waals surface area contributed by atoms with Gasteiger partial charge < -0.3 is 20.1 Å². The SMILES string of the molecule is OC[C@H]1O[C@@H](S)[C@H](O)[C@@H](n2cc(-c3ccccc3)nn2)[C@H]1O. The van der Waals surface area contributed by atoms with Crippen LogP contribution in [0.3, 0.4) is 0 Å². The molecule has 0 unspecified atom stereocenters. The van der Waals surface area contributed by atoms with Crippen molar-refractivity contribution in [1.29, 1.82) is 0 Å². The lowest BCUT2D eigenvalue weighted by atomic mass is 9.97. The van der Waals surface area contributed by atoms with E-state index in [1.807, 2.05) is 30.3 Å². The fourth-order valence-corrected chi connectivity index (χ4v) is 2.89. The maximum Gasteiger partial charge on any atom is 0.129 e. The second kappa shape index (κ2) is 6.35. The van der Waals surface area contributed by atoms with Gasteiger partial charge >= 0.3 is 0 Å². The highest BCUT2D eigenvalue weighted by atomic mass is 32.1. The topological polar surface area (TPSA) is 101 Å². The Morgan fingerprint density at radius 2 is 1.91 bits per heavy atom. The van der Waals surface area contributed by atoms with Crippen molar-refractivity contribution in [3.63, 3.8) is 0 Å². The molecule has 1 aliphatic rings. The molecule has 0 amide bonds. The number of thiol groups is 1. The average molecular weight is 323 g/mol. The third-order valence-corrected chi connectivity index (χ3v) is 4.18. The van der Waals surface area contributed by atoms with Gasteiger partial charge in [-0.1, -0.05) is 35.5 Å². The predicted octanol–water partition coefficient (Wildman–Crippen LogP) is -0.145. The highest BCUT2D eigenvalue weighted by Crippen LogP contribution is 2.31. The minimum atomic E-state index is -1.12. The van der Waals surface area contributed by atoms with Gasteiger partial charge in [-0.2, -0.15) is 0 Å². The van der Waals surface area contributed by atoms with E-state index in [0.717, 1.165) is 5.56 Å².